The Bertz CT molecular complexity index is 604. The number of nitrogens with zero attached hydrogens (tertiary/aromatic N) is 2. The molecular formula is C16H20N2O2. The molecule has 106 valence electrons. The van der Waals surface area contributed by atoms with Gasteiger partial charge in [0.1, 0.15) is 5.75 Å². The second kappa shape index (κ2) is 5.19. The molecule has 1 unspecified atom stereocenters. The second-order valence-electron chi connectivity index (χ2n) is 5.49. The van der Waals surface area contributed by atoms with Crippen molar-refractivity contribution >= 4 is 5.88 Å². The Hall–Kier alpha value is -1.97. The first kappa shape index (κ1) is 13.0. The third-order valence-electron chi connectivity index (χ3n) is 4.01. The number of methoxy groups -OCH3 is 1. The molecule has 3 rings (SSSR count). The number of hydrogen-bond donors (Lipinski definition) is 0. The summed E-state index contributed by atoms with van der Waals surface area (Å²) in [6.45, 7) is 0. The van der Waals surface area contributed by atoms with Crippen LogP contribution in [0.25, 0.3) is 0 Å². The number of benzene rings is 1. The lowest BCUT2D eigenvalue weighted by atomic mass is 9.82. The van der Waals surface area contributed by atoms with Gasteiger partial charge in [-0.25, -0.2) is 0 Å². The molecule has 1 aromatic carbocycles. The lowest BCUT2D eigenvalue weighted by Gasteiger charge is -2.24. The first-order chi connectivity index (χ1) is 9.70. The minimum atomic E-state index is 0.469. The summed E-state index contributed by atoms with van der Waals surface area (Å²) in [5, 5.41) is 4.20. The van der Waals surface area contributed by atoms with Gasteiger partial charge in [-0.15, -0.1) is 0 Å². The topological polar surface area (TPSA) is 38.5 Å². The summed E-state index contributed by atoms with van der Waals surface area (Å²) in [5.41, 5.74) is 3.64. The smallest absolute Gasteiger partial charge is 0.230 e. The molecule has 4 heteroatoms. The third kappa shape index (κ3) is 2.15. The van der Waals surface area contributed by atoms with E-state index in [0.717, 1.165) is 36.6 Å². The molecule has 2 aromatic rings. The highest BCUT2D eigenvalue weighted by molar-refractivity contribution is 5.48. The number of para-hydroxylation sites is 1. The fourth-order valence-electron chi connectivity index (χ4n) is 3.01. The zero-order valence-corrected chi connectivity index (χ0v) is 12.2. The summed E-state index contributed by atoms with van der Waals surface area (Å²) in [5.74, 6) is 2.33. The maximum Gasteiger partial charge on any atom is 0.230 e. The predicted octanol–water partition coefficient (Wildman–Crippen LogP) is 3.02. The number of anilines is 1. The van der Waals surface area contributed by atoms with Crippen molar-refractivity contribution in [1.29, 1.82) is 0 Å². The van der Waals surface area contributed by atoms with E-state index in [4.69, 9.17) is 9.26 Å². The van der Waals surface area contributed by atoms with Crippen LogP contribution < -0.4 is 9.64 Å². The van der Waals surface area contributed by atoms with Gasteiger partial charge in [-0.3, -0.25) is 0 Å². The van der Waals surface area contributed by atoms with Crippen LogP contribution in [0.15, 0.2) is 28.8 Å². The average molecular weight is 272 g/mol. The molecule has 0 saturated carbocycles. The van der Waals surface area contributed by atoms with Crippen molar-refractivity contribution in [3.63, 3.8) is 0 Å². The zero-order chi connectivity index (χ0) is 14.1. The van der Waals surface area contributed by atoms with Gasteiger partial charge in [0.05, 0.1) is 12.8 Å². The van der Waals surface area contributed by atoms with Crippen molar-refractivity contribution in [1.82, 2.24) is 5.16 Å². The molecule has 1 heterocycles. The summed E-state index contributed by atoms with van der Waals surface area (Å²) < 4.78 is 11.0. The molecule has 0 bridgehead atoms. The summed E-state index contributed by atoms with van der Waals surface area (Å²) in [6.07, 6.45) is 3.02. The summed E-state index contributed by atoms with van der Waals surface area (Å²) in [6, 6.07) is 8.29. The zero-order valence-electron chi connectivity index (χ0n) is 12.2. The van der Waals surface area contributed by atoms with E-state index in [1.54, 1.807) is 7.11 Å². The Morgan fingerprint density at radius 2 is 2.10 bits per heavy atom. The Labute approximate surface area is 119 Å². The Kier molecular flexibility index (Phi) is 3.38. The van der Waals surface area contributed by atoms with Gasteiger partial charge in [0.15, 0.2) is 0 Å². The lowest BCUT2D eigenvalue weighted by molar-refractivity contribution is 0.401. The first-order valence-corrected chi connectivity index (χ1v) is 6.98. The lowest BCUT2D eigenvalue weighted by Crippen LogP contribution is -2.16. The van der Waals surface area contributed by atoms with E-state index < -0.39 is 0 Å². The van der Waals surface area contributed by atoms with Gasteiger partial charge in [0.25, 0.3) is 0 Å². The molecule has 0 fully saturated rings. The Balaban J connectivity index is 1.93. The SMILES string of the molecule is COc1ccccc1C1CCc2noc(N(C)C)c2C1. The van der Waals surface area contributed by atoms with Gasteiger partial charge in [-0.2, -0.15) is 0 Å². The molecule has 1 aromatic heterocycles. The largest absolute Gasteiger partial charge is 0.496 e. The molecule has 0 spiro atoms. The van der Waals surface area contributed by atoms with Crippen LogP contribution in [0.1, 0.15) is 29.2 Å². The molecule has 0 N–H and O–H groups in total. The summed E-state index contributed by atoms with van der Waals surface area (Å²) >= 11 is 0. The van der Waals surface area contributed by atoms with Crippen LogP contribution in [-0.2, 0) is 12.8 Å². The minimum Gasteiger partial charge on any atom is -0.496 e. The van der Waals surface area contributed by atoms with Crippen LogP contribution in [-0.4, -0.2) is 26.4 Å². The van der Waals surface area contributed by atoms with E-state index in [1.165, 1.54) is 11.1 Å². The maximum atomic E-state index is 5.50. The van der Waals surface area contributed by atoms with Gasteiger partial charge in [-0.1, -0.05) is 23.4 Å². The van der Waals surface area contributed by atoms with Crippen LogP contribution in [0.3, 0.4) is 0 Å². The molecule has 1 aliphatic rings. The van der Waals surface area contributed by atoms with Crippen LogP contribution in [0.2, 0.25) is 0 Å². The molecule has 0 amide bonds. The first-order valence-electron chi connectivity index (χ1n) is 6.98. The van der Waals surface area contributed by atoms with Crippen molar-refractivity contribution < 1.29 is 9.26 Å². The van der Waals surface area contributed by atoms with Gasteiger partial charge in [0.2, 0.25) is 5.88 Å². The van der Waals surface area contributed by atoms with E-state index in [1.807, 2.05) is 31.1 Å². The second-order valence-corrected chi connectivity index (χ2v) is 5.49. The number of aryl methyl sites for hydroxylation is 1. The van der Waals surface area contributed by atoms with E-state index in [-0.39, 0.29) is 0 Å². The normalized spacial score (nSPS) is 17.6. The van der Waals surface area contributed by atoms with E-state index in [2.05, 4.69) is 17.3 Å². The number of fused-ring (bicyclic) bond motifs is 1. The molecule has 20 heavy (non-hydrogen) atoms. The quantitative estimate of drug-likeness (QED) is 0.861. The highest BCUT2D eigenvalue weighted by Gasteiger charge is 2.28. The monoisotopic (exact) mass is 272 g/mol. The van der Waals surface area contributed by atoms with Crippen LogP contribution in [0.4, 0.5) is 5.88 Å². The maximum absolute atomic E-state index is 5.50. The van der Waals surface area contributed by atoms with E-state index in [0.29, 0.717) is 5.92 Å². The highest BCUT2D eigenvalue weighted by Crippen LogP contribution is 2.39. The van der Waals surface area contributed by atoms with E-state index >= 15 is 0 Å². The Morgan fingerprint density at radius 1 is 1.30 bits per heavy atom. The van der Waals surface area contributed by atoms with E-state index in [9.17, 15) is 0 Å². The molecule has 0 radical (unpaired) electrons. The van der Waals surface area contributed by atoms with Gasteiger partial charge < -0.3 is 14.2 Å². The van der Waals surface area contributed by atoms with Crippen LogP contribution in [0, 0.1) is 0 Å². The predicted molar refractivity (Wildman–Crippen MR) is 78.6 cm³/mol. The van der Waals surface area contributed by atoms with Crippen molar-refractivity contribution in [2.24, 2.45) is 0 Å². The van der Waals surface area contributed by atoms with Crippen molar-refractivity contribution in [2.75, 3.05) is 26.1 Å². The summed E-state index contributed by atoms with van der Waals surface area (Å²) in [4.78, 5) is 2.00. The van der Waals surface area contributed by atoms with Gasteiger partial charge >= 0.3 is 0 Å². The fraction of sp³-hybridized carbons (Fsp3) is 0.438. The number of aromatic nitrogens is 1. The van der Waals surface area contributed by atoms with Crippen molar-refractivity contribution in [2.45, 2.75) is 25.2 Å². The molecule has 1 atom stereocenters. The van der Waals surface area contributed by atoms with Crippen molar-refractivity contribution in [3.8, 4) is 5.75 Å². The number of rotatable bonds is 3. The number of ether oxygens (including phenoxy) is 1. The molecule has 0 aliphatic heterocycles. The summed E-state index contributed by atoms with van der Waals surface area (Å²) in [7, 11) is 5.72. The highest BCUT2D eigenvalue weighted by atomic mass is 16.5. The standard InChI is InChI=1S/C16H20N2O2/c1-18(2)16-13-10-11(8-9-14(13)17-20-16)12-6-4-5-7-15(12)19-3/h4-7,11H,8-10H2,1-3H3. The van der Waals surface area contributed by atoms with Crippen molar-refractivity contribution in [3.05, 3.63) is 41.1 Å². The minimum absolute atomic E-state index is 0.469. The van der Waals surface area contributed by atoms with Gasteiger partial charge in [0, 0.05) is 19.7 Å². The molecular weight excluding hydrogens is 252 g/mol. The molecule has 1 aliphatic carbocycles. The average Bonchev–Trinajstić information content (AvgIpc) is 2.90. The van der Waals surface area contributed by atoms with Crippen LogP contribution in [0.5, 0.6) is 5.75 Å². The van der Waals surface area contributed by atoms with Crippen LogP contribution >= 0.6 is 0 Å². The molecule has 4 nitrogen and oxygen atoms in total. The Morgan fingerprint density at radius 3 is 2.85 bits per heavy atom. The third-order valence-corrected chi connectivity index (χ3v) is 4.01. The van der Waals surface area contributed by atoms with Gasteiger partial charge in [-0.05, 0) is 36.8 Å². The fourth-order valence-corrected chi connectivity index (χ4v) is 3.01. The number of hydrogen-bond acceptors (Lipinski definition) is 4. The molecule has 0 saturated heterocycles.